The van der Waals surface area contributed by atoms with E-state index in [1.807, 2.05) is 11.8 Å². The maximum atomic E-state index is 2.27. The minimum atomic E-state index is 1.19. The van der Waals surface area contributed by atoms with Crippen molar-refractivity contribution in [2.75, 3.05) is 5.75 Å². The lowest BCUT2D eigenvalue weighted by Crippen LogP contribution is -1.76. The molecule has 0 nitrogen and oxygen atoms in total. The van der Waals surface area contributed by atoms with Crippen molar-refractivity contribution < 1.29 is 0 Å². The zero-order valence-corrected chi connectivity index (χ0v) is 7.79. The first kappa shape index (κ1) is 10.1. The highest BCUT2D eigenvalue weighted by atomic mass is 32.2. The lowest BCUT2D eigenvalue weighted by atomic mass is 10.3. The molecule has 0 bridgehead atoms. The molecule has 0 atom stereocenters. The molecule has 1 radical (unpaired) electrons. The molecular weight excluding hydrogens is 140 g/mol. The average Bonchev–Trinajstić information content (AvgIpc) is 1.97. The van der Waals surface area contributed by atoms with Crippen molar-refractivity contribution in [1.29, 1.82) is 0 Å². The largest absolute Gasteiger partial charge is 0.157 e. The molecule has 0 unspecified atom stereocenters. The van der Waals surface area contributed by atoms with Crippen LogP contribution in [0.25, 0.3) is 0 Å². The Balaban J connectivity index is 2.77. The van der Waals surface area contributed by atoms with Crippen molar-refractivity contribution >= 4 is 11.8 Å². The maximum Gasteiger partial charge on any atom is 0.0163 e. The van der Waals surface area contributed by atoms with E-state index in [9.17, 15) is 0 Å². The highest BCUT2D eigenvalue weighted by molar-refractivity contribution is 8.01. The molecule has 0 aromatic heterocycles. The van der Waals surface area contributed by atoms with E-state index in [4.69, 9.17) is 0 Å². The van der Waals surface area contributed by atoms with Gasteiger partial charge in [-0.25, -0.2) is 0 Å². The third-order valence-corrected chi connectivity index (χ3v) is 2.25. The van der Waals surface area contributed by atoms with Crippen LogP contribution in [-0.2, 0) is 0 Å². The van der Waals surface area contributed by atoms with E-state index < -0.39 is 0 Å². The van der Waals surface area contributed by atoms with Crippen molar-refractivity contribution in [2.45, 2.75) is 33.1 Å². The molecule has 0 saturated carbocycles. The zero-order valence-electron chi connectivity index (χ0n) is 6.97. The summed E-state index contributed by atoms with van der Waals surface area (Å²) in [5.41, 5.74) is 0. The molecular formula is C9H17S. The second kappa shape index (κ2) is 9.09. The van der Waals surface area contributed by atoms with Gasteiger partial charge < -0.3 is 0 Å². The third kappa shape index (κ3) is 8.09. The Labute approximate surface area is 69.1 Å². The molecule has 59 valence electrons. The van der Waals surface area contributed by atoms with Crippen molar-refractivity contribution in [3.63, 3.8) is 0 Å². The van der Waals surface area contributed by atoms with Gasteiger partial charge in [-0.1, -0.05) is 19.1 Å². The second-order valence-corrected chi connectivity index (χ2v) is 3.23. The first-order valence-corrected chi connectivity index (χ1v) is 5.01. The monoisotopic (exact) mass is 157 g/mol. The molecule has 1 heteroatoms. The lowest BCUT2D eigenvalue weighted by molar-refractivity contribution is 0.970. The molecule has 0 rings (SSSR count). The van der Waals surface area contributed by atoms with Crippen LogP contribution in [0.1, 0.15) is 33.1 Å². The Bertz CT molecular complexity index is 76.8. The normalized spacial score (nSPS) is 11.0. The van der Waals surface area contributed by atoms with Gasteiger partial charge in [0, 0.05) is 5.75 Å². The van der Waals surface area contributed by atoms with E-state index in [1.54, 1.807) is 0 Å². The van der Waals surface area contributed by atoms with Crippen LogP contribution < -0.4 is 0 Å². The van der Waals surface area contributed by atoms with Crippen LogP contribution in [0.3, 0.4) is 0 Å². The third-order valence-electron chi connectivity index (χ3n) is 1.15. The fourth-order valence-electron chi connectivity index (χ4n) is 0.652. The van der Waals surface area contributed by atoms with Gasteiger partial charge in [0.2, 0.25) is 0 Å². The Morgan fingerprint density at radius 3 is 2.80 bits per heavy atom. The van der Waals surface area contributed by atoms with Gasteiger partial charge >= 0.3 is 0 Å². The minimum Gasteiger partial charge on any atom is -0.157 e. The summed E-state index contributed by atoms with van der Waals surface area (Å²) in [6.07, 6.45) is 8.08. The van der Waals surface area contributed by atoms with Crippen molar-refractivity contribution in [3.05, 3.63) is 17.9 Å². The molecule has 0 aromatic carbocycles. The van der Waals surface area contributed by atoms with Crippen LogP contribution in [-0.4, -0.2) is 5.75 Å². The molecule has 0 aliphatic rings. The molecule has 0 aliphatic heterocycles. The molecule has 0 aliphatic carbocycles. The van der Waals surface area contributed by atoms with Crippen molar-refractivity contribution in [3.8, 4) is 0 Å². The highest BCUT2D eigenvalue weighted by Gasteiger charge is 1.85. The Morgan fingerprint density at radius 1 is 1.40 bits per heavy atom. The van der Waals surface area contributed by atoms with Crippen LogP contribution in [0.5, 0.6) is 0 Å². The topological polar surface area (TPSA) is 0 Å². The standard InChI is InChI=1S/C9H17S/c1-3-5-6-7-9-10-8-4-2/h3,5,8H,4,6-7,9H2,1-2H3/b5-3+. The first-order chi connectivity index (χ1) is 4.91. The van der Waals surface area contributed by atoms with Crippen LogP contribution in [0.2, 0.25) is 0 Å². The lowest BCUT2D eigenvalue weighted by Gasteiger charge is -1.94. The minimum absolute atomic E-state index is 1.19. The maximum absolute atomic E-state index is 2.27. The van der Waals surface area contributed by atoms with Crippen LogP contribution >= 0.6 is 11.8 Å². The molecule has 0 N–H and O–H groups in total. The van der Waals surface area contributed by atoms with Gasteiger partial charge in [-0.2, -0.15) is 11.8 Å². The summed E-state index contributed by atoms with van der Waals surface area (Å²) >= 11 is 1.94. The van der Waals surface area contributed by atoms with Crippen molar-refractivity contribution in [2.24, 2.45) is 0 Å². The van der Waals surface area contributed by atoms with E-state index in [0.29, 0.717) is 0 Å². The molecule has 0 saturated heterocycles. The first-order valence-electron chi connectivity index (χ1n) is 3.96. The quantitative estimate of drug-likeness (QED) is 0.419. The van der Waals surface area contributed by atoms with Gasteiger partial charge in [0.15, 0.2) is 0 Å². The molecule has 10 heavy (non-hydrogen) atoms. The van der Waals surface area contributed by atoms with E-state index in [-0.39, 0.29) is 0 Å². The predicted molar refractivity (Wildman–Crippen MR) is 51.1 cm³/mol. The van der Waals surface area contributed by atoms with Gasteiger partial charge in [0.05, 0.1) is 0 Å². The van der Waals surface area contributed by atoms with E-state index >= 15 is 0 Å². The smallest absolute Gasteiger partial charge is 0.0163 e. The van der Waals surface area contributed by atoms with Crippen LogP contribution in [0.4, 0.5) is 0 Å². The summed E-state index contributed by atoms with van der Waals surface area (Å²) in [5, 5.41) is 0. The number of unbranched alkanes of at least 4 members (excludes halogenated alkanes) is 1. The number of allylic oxidation sites excluding steroid dienone is 2. The van der Waals surface area contributed by atoms with Gasteiger partial charge in [0.1, 0.15) is 0 Å². The number of hydrogen-bond donors (Lipinski definition) is 0. The fourth-order valence-corrected chi connectivity index (χ4v) is 1.39. The average molecular weight is 157 g/mol. The van der Waals surface area contributed by atoms with Crippen molar-refractivity contribution in [1.82, 2.24) is 0 Å². The summed E-state index contributed by atoms with van der Waals surface area (Å²) < 4.78 is 0. The van der Waals surface area contributed by atoms with E-state index in [2.05, 4.69) is 31.8 Å². The number of rotatable bonds is 6. The highest BCUT2D eigenvalue weighted by Crippen LogP contribution is 2.10. The molecule has 0 aromatic rings. The molecule has 0 fully saturated rings. The van der Waals surface area contributed by atoms with Gasteiger partial charge in [-0.3, -0.25) is 0 Å². The summed E-state index contributed by atoms with van der Waals surface area (Å²) in [4.78, 5) is 0. The number of thioether (sulfide) groups is 1. The SMILES string of the molecule is C/C=C/CCCS[CH]CC. The zero-order chi connectivity index (χ0) is 7.66. The van der Waals surface area contributed by atoms with Crippen LogP contribution in [0, 0.1) is 5.75 Å². The molecule has 0 heterocycles. The summed E-state index contributed by atoms with van der Waals surface area (Å²) in [6, 6.07) is 0. The summed E-state index contributed by atoms with van der Waals surface area (Å²) in [5.74, 6) is 3.55. The van der Waals surface area contributed by atoms with Gasteiger partial charge in [-0.15, -0.1) is 0 Å². The van der Waals surface area contributed by atoms with Gasteiger partial charge in [-0.05, 0) is 31.9 Å². The van der Waals surface area contributed by atoms with E-state index in [0.717, 1.165) is 0 Å². The van der Waals surface area contributed by atoms with Gasteiger partial charge in [0.25, 0.3) is 0 Å². The molecule has 0 amide bonds. The number of hydrogen-bond acceptors (Lipinski definition) is 1. The molecule has 0 spiro atoms. The summed E-state index contributed by atoms with van der Waals surface area (Å²) in [7, 11) is 0. The Morgan fingerprint density at radius 2 is 2.20 bits per heavy atom. The second-order valence-electron chi connectivity index (χ2n) is 2.16. The Hall–Kier alpha value is 0.0900. The fraction of sp³-hybridized carbons (Fsp3) is 0.667. The summed E-state index contributed by atoms with van der Waals surface area (Å²) in [6.45, 7) is 4.25. The predicted octanol–water partition coefficient (Wildman–Crippen LogP) is 3.65. The van der Waals surface area contributed by atoms with E-state index in [1.165, 1.54) is 25.0 Å². The van der Waals surface area contributed by atoms with Crippen LogP contribution in [0.15, 0.2) is 12.2 Å². The Kier molecular flexibility index (Phi) is 9.17.